The summed E-state index contributed by atoms with van der Waals surface area (Å²) in [4.78, 5) is 26.5. The van der Waals surface area contributed by atoms with E-state index in [0.717, 1.165) is 9.04 Å². The maximum atomic E-state index is 12.2. The van der Waals surface area contributed by atoms with Crippen LogP contribution in [0.4, 0.5) is 0 Å². The second kappa shape index (κ2) is 5.12. The number of nitrogens with one attached hydrogen (secondary N) is 1. The van der Waals surface area contributed by atoms with Crippen molar-refractivity contribution in [2.45, 2.75) is 13.3 Å². The van der Waals surface area contributed by atoms with Crippen LogP contribution < -0.4 is 11.2 Å². The van der Waals surface area contributed by atoms with Gasteiger partial charge in [-0.3, -0.25) is 9.78 Å². The van der Waals surface area contributed by atoms with E-state index in [0.29, 0.717) is 17.7 Å². The van der Waals surface area contributed by atoms with Gasteiger partial charge in [-0.1, -0.05) is 40.5 Å². The van der Waals surface area contributed by atoms with Crippen LogP contribution in [0.5, 0.6) is 0 Å². The molecule has 2 rings (SSSR count). The zero-order chi connectivity index (χ0) is 13.3. The molecule has 0 radical (unpaired) electrons. The van der Waals surface area contributed by atoms with E-state index in [4.69, 9.17) is 11.6 Å². The fourth-order valence-electron chi connectivity index (χ4n) is 1.70. The first-order chi connectivity index (χ1) is 8.54. The van der Waals surface area contributed by atoms with Crippen molar-refractivity contribution in [1.82, 2.24) is 9.55 Å². The van der Waals surface area contributed by atoms with Crippen molar-refractivity contribution in [3.8, 4) is 5.69 Å². The maximum Gasteiger partial charge on any atom is 0.334 e. The van der Waals surface area contributed by atoms with Crippen molar-refractivity contribution in [3.05, 3.63) is 60.3 Å². The summed E-state index contributed by atoms with van der Waals surface area (Å²) < 4.78 is 1.87. The van der Waals surface area contributed by atoms with Gasteiger partial charge in [0.2, 0.25) is 0 Å². The zero-order valence-electron chi connectivity index (χ0n) is 9.54. The molecule has 4 nitrogen and oxygen atoms in total. The van der Waals surface area contributed by atoms with E-state index in [9.17, 15) is 9.59 Å². The Hall–Kier alpha value is -1.33. The van der Waals surface area contributed by atoms with E-state index in [1.54, 1.807) is 18.2 Å². The summed E-state index contributed by atoms with van der Waals surface area (Å²) in [6.45, 7) is 1.81. The molecule has 0 aliphatic rings. The van der Waals surface area contributed by atoms with Crippen molar-refractivity contribution in [2.24, 2.45) is 0 Å². The van der Waals surface area contributed by atoms with E-state index in [1.165, 1.54) is 0 Å². The number of halogens is 2. The van der Waals surface area contributed by atoms with Crippen LogP contribution in [0.25, 0.3) is 5.69 Å². The molecule has 0 amide bonds. The predicted octanol–water partition coefficient (Wildman–Crippen LogP) is 2.50. The normalized spacial score (nSPS) is 10.6. The summed E-state index contributed by atoms with van der Waals surface area (Å²) >= 11 is 9.15. The van der Waals surface area contributed by atoms with Gasteiger partial charge in [0.15, 0.2) is 0 Å². The van der Waals surface area contributed by atoms with E-state index >= 15 is 0 Å². The van der Waals surface area contributed by atoms with Crippen LogP contribution in [-0.2, 0) is 6.42 Å². The molecule has 18 heavy (non-hydrogen) atoms. The first-order valence-electron chi connectivity index (χ1n) is 5.34. The van der Waals surface area contributed by atoms with Crippen molar-refractivity contribution >= 4 is 27.5 Å². The second-order valence-electron chi connectivity index (χ2n) is 3.70. The summed E-state index contributed by atoms with van der Waals surface area (Å²) in [5.74, 6) is 0. The third-order valence-electron chi connectivity index (χ3n) is 2.57. The van der Waals surface area contributed by atoms with Crippen molar-refractivity contribution in [1.29, 1.82) is 0 Å². The second-order valence-corrected chi connectivity index (χ2v) is 4.99. The lowest BCUT2D eigenvalue weighted by molar-refractivity contribution is 0.841. The maximum absolute atomic E-state index is 12.2. The molecule has 94 valence electrons. The molecule has 2 aromatic rings. The number of hydrogen-bond donors (Lipinski definition) is 1. The highest BCUT2D eigenvalue weighted by atomic mass is 79.9. The van der Waals surface area contributed by atoms with Gasteiger partial charge in [-0.2, -0.15) is 0 Å². The molecule has 0 saturated heterocycles. The summed E-state index contributed by atoms with van der Waals surface area (Å²) in [5.41, 5.74) is -0.0251. The largest absolute Gasteiger partial charge is 0.334 e. The van der Waals surface area contributed by atoms with Crippen LogP contribution in [0.3, 0.4) is 0 Å². The molecule has 0 fully saturated rings. The first-order valence-corrected chi connectivity index (χ1v) is 6.51. The first kappa shape index (κ1) is 13.1. The monoisotopic (exact) mass is 328 g/mol. The lowest BCUT2D eigenvalue weighted by Crippen LogP contribution is -2.36. The lowest BCUT2D eigenvalue weighted by Gasteiger charge is -2.08. The van der Waals surface area contributed by atoms with E-state index in [2.05, 4.69) is 20.9 Å². The molecule has 0 aliphatic heterocycles. The Morgan fingerprint density at radius 1 is 1.39 bits per heavy atom. The Morgan fingerprint density at radius 3 is 2.72 bits per heavy atom. The number of H-pyrrole nitrogens is 1. The molecule has 1 heterocycles. The van der Waals surface area contributed by atoms with Crippen molar-refractivity contribution in [2.75, 3.05) is 0 Å². The quantitative estimate of drug-likeness (QED) is 0.861. The van der Waals surface area contributed by atoms with Gasteiger partial charge in [-0.05, 0) is 24.6 Å². The Labute approximate surface area is 116 Å². The van der Waals surface area contributed by atoms with Gasteiger partial charge in [-0.25, -0.2) is 9.36 Å². The predicted molar refractivity (Wildman–Crippen MR) is 74.7 cm³/mol. The van der Waals surface area contributed by atoms with Gasteiger partial charge in [-0.15, -0.1) is 0 Å². The smallest absolute Gasteiger partial charge is 0.297 e. The molecular weight excluding hydrogens is 320 g/mol. The third-order valence-corrected chi connectivity index (χ3v) is 3.38. The number of nitrogens with zero attached hydrogens (tertiary/aromatic N) is 1. The zero-order valence-corrected chi connectivity index (χ0v) is 11.9. The minimum absolute atomic E-state index is 0.110. The molecule has 0 unspecified atom stereocenters. The summed E-state index contributed by atoms with van der Waals surface area (Å²) in [6, 6.07) is 6.96. The molecule has 1 aromatic heterocycles. The van der Waals surface area contributed by atoms with Gasteiger partial charge < -0.3 is 0 Å². The van der Waals surface area contributed by atoms with Crippen LogP contribution in [-0.4, -0.2) is 9.55 Å². The van der Waals surface area contributed by atoms with Gasteiger partial charge in [0.1, 0.15) is 5.15 Å². The molecular formula is C12H10BrClN2O2. The molecule has 1 N–H and O–H groups in total. The highest BCUT2D eigenvalue weighted by Crippen LogP contribution is 2.14. The van der Waals surface area contributed by atoms with Gasteiger partial charge >= 0.3 is 5.69 Å². The molecule has 0 spiro atoms. The number of benzene rings is 1. The Bertz CT molecular complexity index is 706. The lowest BCUT2D eigenvalue weighted by atomic mass is 10.2. The molecule has 0 atom stereocenters. The minimum Gasteiger partial charge on any atom is -0.297 e. The van der Waals surface area contributed by atoms with Crippen molar-refractivity contribution < 1.29 is 0 Å². The summed E-state index contributed by atoms with van der Waals surface area (Å²) in [6.07, 6.45) is 0.461. The molecule has 1 aromatic carbocycles. The minimum atomic E-state index is -0.541. The Kier molecular flexibility index (Phi) is 3.73. The van der Waals surface area contributed by atoms with Crippen LogP contribution in [0.2, 0.25) is 5.15 Å². The van der Waals surface area contributed by atoms with Crippen LogP contribution >= 0.6 is 27.5 Å². The summed E-state index contributed by atoms with van der Waals surface area (Å²) in [5, 5.41) is 0.110. The van der Waals surface area contributed by atoms with Crippen LogP contribution in [0.15, 0.2) is 38.3 Å². The highest BCUT2D eigenvalue weighted by Gasteiger charge is 2.12. The average Bonchev–Trinajstić information content (AvgIpc) is 2.28. The fraction of sp³-hybridized carbons (Fsp3) is 0.167. The molecule has 6 heteroatoms. The molecule has 0 bridgehead atoms. The van der Waals surface area contributed by atoms with Gasteiger partial charge in [0.25, 0.3) is 5.56 Å². The number of aromatic nitrogens is 2. The Morgan fingerprint density at radius 2 is 2.11 bits per heavy atom. The van der Waals surface area contributed by atoms with E-state index in [-0.39, 0.29) is 10.7 Å². The van der Waals surface area contributed by atoms with Crippen LogP contribution in [0, 0.1) is 0 Å². The third kappa shape index (κ3) is 2.28. The Balaban J connectivity index is 2.80. The topological polar surface area (TPSA) is 54.9 Å². The highest BCUT2D eigenvalue weighted by molar-refractivity contribution is 9.10. The summed E-state index contributed by atoms with van der Waals surface area (Å²) in [7, 11) is 0. The fourth-order valence-corrected chi connectivity index (χ4v) is 2.38. The van der Waals surface area contributed by atoms with E-state index in [1.807, 2.05) is 13.0 Å². The van der Waals surface area contributed by atoms with Gasteiger partial charge in [0, 0.05) is 4.47 Å². The van der Waals surface area contributed by atoms with Crippen LogP contribution in [0.1, 0.15) is 12.5 Å². The number of rotatable bonds is 2. The number of aromatic amines is 1. The van der Waals surface area contributed by atoms with E-state index < -0.39 is 5.69 Å². The van der Waals surface area contributed by atoms with Gasteiger partial charge in [0.05, 0.1) is 11.3 Å². The molecule has 0 saturated carbocycles. The SMILES string of the molecule is CCc1c(Cl)[nH]c(=O)n(-c2cccc(Br)c2)c1=O. The van der Waals surface area contributed by atoms with Crippen molar-refractivity contribution in [3.63, 3.8) is 0 Å². The molecule has 0 aliphatic carbocycles. The average molecular weight is 330 g/mol. The number of hydrogen-bond acceptors (Lipinski definition) is 2. The standard InChI is InChI=1S/C12H10BrClN2O2/c1-2-9-10(14)15-12(18)16(11(9)17)8-5-3-4-7(13)6-8/h3-6H,2H2,1H3,(H,15,18).